The Bertz CT molecular complexity index is 649. The van der Waals surface area contributed by atoms with Crippen molar-refractivity contribution in [2.24, 2.45) is 0 Å². The number of pyridine rings is 1. The van der Waals surface area contributed by atoms with E-state index in [1.54, 1.807) is 30.3 Å². The molecule has 0 radical (unpaired) electrons. The predicted octanol–water partition coefficient (Wildman–Crippen LogP) is 3.64. The summed E-state index contributed by atoms with van der Waals surface area (Å²) in [7, 11) is 0. The first-order valence-corrected chi connectivity index (χ1v) is 6.28. The van der Waals surface area contributed by atoms with Gasteiger partial charge in [-0.05, 0) is 37.3 Å². The maximum absolute atomic E-state index is 9.08. The molecular formula is C14H9BrN4. The molecule has 0 fully saturated rings. The van der Waals surface area contributed by atoms with Gasteiger partial charge in [-0.3, -0.25) is 0 Å². The minimum Gasteiger partial charge on any atom is -0.338 e. The molecule has 2 aromatic rings. The van der Waals surface area contributed by atoms with E-state index in [0.717, 1.165) is 10.2 Å². The summed E-state index contributed by atoms with van der Waals surface area (Å²) in [6.45, 7) is 1.85. The summed E-state index contributed by atoms with van der Waals surface area (Å²) >= 11 is 3.35. The highest BCUT2D eigenvalue weighted by Crippen LogP contribution is 2.25. The number of benzene rings is 1. The number of aromatic nitrogens is 1. The van der Waals surface area contributed by atoms with Crippen LogP contribution in [-0.2, 0) is 0 Å². The van der Waals surface area contributed by atoms with Gasteiger partial charge in [0, 0.05) is 10.2 Å². The second kappa shape index (κ2) is 5.51. The Morgan fingerprint density at radius 1 is 1.11 bits per heavy atom. The number of rotatable bonds is 2. The highest BCUT2D eigenvalue weighted by atomic mass is 79.9. The Balaban J connectivity index is 2.48. The van der Waals surface area contributed by atoms with E-state index in [1.807, 2.05) is 6.92 Å². The minimum atomic E-state index is 0.439. The SMILES string of the molecule is Cc1ccc(C#N)c(Nc2cc(Br)ccc2C#N)n1. The summed E-state index contributed by atoms with van der Waals surface area (Å²) in [5, 5.41) is 21.2. The number of hydrogen-bond acceptors (Lipinski definition) is 4. The molecule has 0 amide bonds. The fraction of sp³-hybridized carbons (Fsp3) is 0.0714. The van der Waals surface area contributed by atoms with E-state index < -0.39 is 0 Å². The fourth-order valence-corrected chi connectivity index (χ4v) is 1.95. The topological polar surface area (TPSA) is 72.5 Å². The molecule has 1 N–H and O–H groups in total. The lowest BCUT2D eigenvalue weighted by Gasteiger charge is -2.10. The van der Waals surface area contributed by atoms with Crippen molar-refractivity contribution in [1.29, 1.82) is 10.5 Å². The average Bonchev–Trinajstić information content (AvgIpc) is 2.39. The van der Waals surface area contributed by atoms with Crippen LogP contribution in [-0.4, -0.2) is 4.98 Å². The van der Waals surface area contributed by atoms with Gasteiger partial charge >= 0.3 is 0 Å². The molecule has 1 heterocycles. The molecule has 1 aromatic heterocycles. The molecule has 92 valence electrons. The molecular weight excluding hydrogens is 304 g/mol. The molecule has 5 heteroatoms. The van der Waals surface area contributed by atoms with Crippen LogP contribution in [0.3, 0.4) is 0 Å². The summed E-state index contributed by atoms with van der Waals surface area (Å²) in [6.07, 6.45) is 0. The van der Waals surface area contributed by atoms with Crippen molar-refractivity contribution in [2.75, 3.05) is 5.32 Å². The summed E-state index contributed by atoms with van der Waals surface area (Å²) in [5.41, 5.74) is 2.35. The maximum atomic E-state index is 9.08. The van der Waals surface area contributed by atoms with Gasteiger partial charge in [-0.25, -0.2) is 4.98 Å². The normalized spacial score (nSPS) is 9.47. The highest BCUT2D eigenvalue weighted by molar-refractivity contribution is 9.10. The second-order valence-electron chi connectivity index (χ2n) is 3.89. The van der Waals surface area contributed by atoms with E-state index in [0.29, 0.717) is 22.6 Å². The summed E-state index contributed by atoms with van der Waals surface area (Å²) < 4.78 is 0.847. The van der Waals surface area contributed by atoms with Crippen molar-refractivity contribution >= 4 is 27.4 Å². The lowest BCUT2D eigenvalue weighted by atomic mass is 10.2. The first kappa shape index (κ1) is 13.1. The molecule has 0 unspecified atom stereocenters. The zero-order valence-electron chi connectivity index (χ0n) is 10.1. The number of nitriles is 2. The number of aryl methyl sites for hydroxylation is 1. The second-order valence-corrected chi connectivity index (χ2v) is 4.80. The van der Waals surface area contributed by atoms with Crippen molar-refractivity contribution < 1.29 is 0 Å². The Kier molecular flexibility index (Phi) is 3.79. The zero-order valence-corrected chi connectivity index (χ0v) is 11.7. The predicted molar refractivity (Wildman–Crippen MR) is 75.8 cm³/mol. The number of anilines is 2. The first-order chi connectivity index (χ1) is 9.13. The van der Waals surface area contributed by atoms with Crippen molar-refractivity contribution in [2.45, 2.75) is 6.92 Å². The summed E-state index contributed by atoms with van der Waals surface area (Å²) in [5.74, 6) is 0.456. The van der Waals surface area contributed by atoms with Crippen LogP contribution in [0.1, 0.15) is 16.8 Å². The number of nitrogens with zero attached hydrogens (tertiary/aromatic N) is 3. The molecule has 2 rings (SSSR count). The smallest absolute Gasteiger partial charge is 0.148 e. The van der Waals surface area contributed by atoms with E-state index >= 15 is 0 Å². The molecule has 1 aromatic carbocycles. The third-order valence-electron chi connectivity index (χ3n) is 2.51. The largest absolute Gasteiger partial charge is 0.338 e. The molecule has 0 aliphatic rings. The van der Waals surface area contributed by atoms with E-state index in [9.17, 15) is 0 Å². The van der Waals surface area contributed by atoms with Crippen molar-refractivity contribution in [1.82, 2.24) is 4.98 Å². The maximum Gasteiger partial charge on any atom is 0.148 e. The Hall–Kier alpha value is -2.37. The van der Waals surface area contributed by atoms with Crippen molar-refractivity contribution in [3.05, 3.63) is 51.6 Å². The van der Waals surface area contributed by atoms with Crippen LogP contribution in [0.15, 0.2) is 34.8 Å². The van der Waals surface area contributed by atoms with Gasteiger partial charge in [-0.2, -0.15) is 10.5 Å². The van der Waals surface area contributed by atoms with Gasteiger partial charge in [0.2, 0.25) is 0 Å². The van der Waals surface area contributed by atoms with Crippen LogP contribution >= 0.6 is 15.9 Å². The summed E-state index contributed by atoms with van der Waals surface area (Å²) in [4.78, 5) is 4.29. The van der Waals surface area contributed by atoms with Crippen molar-refractivity contribution in [3.63, 3.8) is 0 Å². The number of nitrogens with one attached hydrogen (secondary N) is 1. The van der Waals surface area contributed by atoms with Crippen LogP contribution in [0.2, 0.25) is 0 Å². The van der Waals surface area contributed by atoms with Gasteiger partial charge in [0.1, 0.15) is 18.0 Å². The minimum absolute atomic E-state index is 0.439. The first-order valence-electron chi connectivity index (χ1n) is 5.48. The van der Waals surface area contributed by atoms with Crippen LogP contribution in [0, 0.1) is 29.6 Å². The van der Waals surface area contributed by atoms with Crippen molar-refractivity contribution in [3.8, 4) is 12.1 Å². The molecule has 0 aliphatic carbocycles. The molecule has 0 aliphatic heterocycles. The van der Waals surface area contributed by atoms with Gasteiger partial charge < -0.3 is 5.32 Å². The van der Waals surface area contributed by atoms with Gasteiger partial charge in [-0.15, -0.1) is 0 Å². The molecule has 0 bridgehead atoms. The van der Waals surface area contributed by atoms with Crippen LogP contribution in [0.4, 0.5) is 11.5 Å². The van der Waals surface area contributed by atoms with E-state index in [1.165, 1.54) is 0 Å². The lowest BCUT2D eigenvalue weighted by molar-refractivity contribution is 1.18. The Morgan fingerprint density at radius 3 is 2.47 bits per heavy atom. The Labute approximate surface area is 119 Å². The average molecular weight is 313 g/mol. The standard InChI is InChI=1S/C14H9BrN4/c1-9-2-3-11(8-17)14(18-9)19-13-6-12(15)5-4-10(13)7-16/h2-6H,1H3,(H,18,19). The molecule has 0 saturated carbocycles. The molecule has 19 heavy (non-hydrogen) atoms. The lowest BCUT2D eigenvalue weighted by Crippen LogP contribution is -2.00. The molecule has 0 spiro atoms. The van der Waals surface area contributed by atoms with E-state index in [-0.39, 0.29) is 0 Å². The zero-order chi connectivity index (χ0) is 13.8. The summed E-state index contributed by atoms with van der Waals surface area (Å²) in [6, 6.07) is 12.9. The molecule has 0 saturated heterocycles. The molecule has 4 nitrogen and oxygen atoms in total. The van der Waals surface area contributed by atoms with Gasteiger partial charge in [0.25, 0.3) is 0 Å². The third kappa shape index (κ3) is 2.90. The third-order valence-corrected chi connectivity index (χ3v) is 3.00. The quantitative estimate of drug-likeness (QED) is 0.918. The van der Waals surface area contributed by atoms with Gasteiger partial charge in [0.15, 0.2) is 0 Å². The van der Waals surface area contributed by atoms with E-state index in [4.69, 9.17) is 10.5 Å². The Morgan fingerprint density at radius 2 is 1.79 bits per heavy atom. The fourth-order valence-electron chi connectivity index (χ4n) is 1.59. The molecule has 0 atom stereocenters. The van der Waals surface area contributed by atoms with Gasteiger partial charge in [-0.1, -0.05) is 15.9 Å². The van der Waals surface area contributed by atoms with Crippen LogP contribution in [0.25, 0.3) is 0 Å². The van der Waals surface area contributed by atoms with Gasteiger partial charge in [0.05, 0.1) is 16.8 Å². The number of hydrogen-bond donors (Lipinski definition) is 1. The highest BCUT2D eigenvalue weighted by Gasteiger charge is 2.08. The monoisotopic (exact) mass is 312 g/mol. The number of halogens is 1. The van der Waals surface area contributed by atoms with E-state index in [2.05, 4.69) is 38.4 Å². The van der Waals surface area contributed by atoms with Crippen LogP contribution < -0.4 is 5.32 Å². The van der Waals surface area contributed by atoms with Crippen LogP contribution in [0.5, 0.6) is 0 Å².